The molecule has 0 saturated heterocycles. The van der Waals surface area contributed by atoms with E-state index in [0.29, 0.717) is 25.3 Å². The van der Waals surface area contributed by atoms with Gasteiger partial charge in [0.2, 0.25) is 0 Å². The van der Waals surface area contributed by atoms with Gasteiger partial charge in [0.15, 0.2) is 0 Å². The number of carbonyl (C=O) groups is 1. The fourth-order valence-corrected chi connectivity index (χ4v) is 1.60. The predicted molar refractivity (Wildman–Crippen MR) is 60.2 cm³/mol. The molecule has 5 nitrogen and oxygen atoms in total. The number of nitrogens with one attached hydrogen (secondary N) is 1. The minimum absolute atomic E-state index is 0.0275. The molecule has 0 bridgehead atoms. The van der Waals surface area contributed by atoms with Crippen molar-refractivity contribution in [3.8, 4) is 0 Å². The van der Waals surface area contributed by atoms with Crippen molar-refractivity contribution in [2.24, 2.45) is 0 Å². The lowest BCUT2D eigenvalue weighted by molar-refractivity contribution is 0.0709. The van der Waals surface area contributed by atoms with Crippen molar-refractivity contribution in [3.05, 3.63) is 18.0 Å². The van der Waals surface area contributed by atoms with Crippen LogP contribution in [0.25, 0.3) is 0 Å². The topological polar surface area (TPSA) is 58.2 Å². The minimum atomic E-state index is -0.0275. The molecule has 1 heterocycles. The van der Waals surface area contributed by atoms with Gasteiger partial charge in [-0.2, -0.15) is 5.10 Å². The summed E-state index contributed by atoms with van der Waals surface area (Å²) in [6.07, 6.45) is 3.12. The lowest BCUT2D eigenvalue weighted by Crippen LogP contribution is -2.35. The molecule has 1 aromatic rings. The summed E-state index contributed by atoms with van der Waals surface area (Å²) < 4.78 is 4.95. The van der Waals surface area contributed by atoms with E-state index in [9.17, 15) is 4.79 Å². The molecular formula is C9H14BrN3O2. The van der Waals surface area contributed by atoms with E-state index in [1.807, 2.05) is 0 Å². The van der Waals surface area contributed by atoms with E-state index < -0.39 is 0 Å². The first-order chi connectivity index (χ1) is 7.29. The van der Waals surface area contributed by atoms with Gasteiger partial charge in [-0.1, -0.05) is 15.9 Å². The van der Waals surface area contributed by atoms with Gasteiger partial charge < -0.3 is 9.64 Å². The highest BCUT2D eigenvalue weighted by molar-refractivity contribution is 9.09. The Balaban J connectivity index is 2.58. The molecule has 0 unspecified atom stereocenters. The number of halogens is 1. The largest absolute Gasteiger partial charge is 0.383 e. The van der Waals surface area contributed by atoms with Crippen molar-refractivity contribution in [2.75, 3.05) is 32.1 Å². The van der Waals surface area contributed by atoms with Crippen LogP contribution < -0.4 is 0 Å². The molecule has 0 aliphatic rings. The number of aromatic amines is 1. The van der Waals surface area contributed by atoms with Crippen LogP contribution in [0, 0.1) is 0 Å². The molecule has 1 rings (SSSR count). The first-order valence-electron chi connectivity index (χ1n) is 4.62. The Morgan fingerprint density at radius 3 is 3.00 bits per heavy atom. The number of carbonyl (C=O) groups excluding carboxylic acids is 1. The Labute approximate surface area is 96.9 Å². The summed E-state index contributed by atoms with van der Waals surface area (Å²) in [4.78, 5) is 13.6. The van der Waals surface area contributed by atoms with Crippen LogP contribution in [-0.2, 0) is 4.74 Å². The lowest BCUT2D eigenvalue weighted by Gasteiger charge is -2.20. The summed E-state index contributed by atoms with van der Waals surface area (Å²) in [5.41, 5.74) is 0.576. The fraction of sp³-hybridized carbons (Fsp3) is 0.556. The Morgan fingerprint density at radius 1 is 1.67 bits per heavy atom. The quantitative estimate of drug-likeness (QED) is 0.785. The maximum absolute atomic E-state index is 11.9. The van der Waals surface area contributed by atoms with E-state index in [1.165, 1.54) is 6.20 Å². The number of H-pyrrole nitrogens is 1. The van der Waals surface area contributed by atoms with Gasteiger partial charge in [0, 0.05) is 31.7 Å². The number of amides is 1. The van der Waals surface area contributed by atoms with Crippen LogP contribution >= 0.6 is 15.9 Å². The summed E-state index contributed by atoms with van der Waals surface area (Å²) >= 11 is 3.32. The third-order valence-electron chi connectivity index (χ3n) is 1.95. The number of alkyl halides is 1. The van der Waals surface area contributed by atoms with E-state index in [2.05, 4.69) is 26.1 Å². The smallest absolute Gasteiger partial charge is 0.257 e. The van der Waals surface area contributed by atoms with E-state index in [4.69, 9.17) is 4.74 Å². The number of hydrogen-bond donors (Lipinski definition) is 1. The number of aromatic nitrogens is 2. The molecule has 84 valence electrons. The van der Waals surface area contributed by atoms with Gasteiger partial charge in [-0.15, -0.1) is 0 Å². The summed E-state index contributed by atoms with van der Waals surface area (Å²) in [5.74, 6) is -0.0275. The van der Waals surface area contributed by atoms with Crippen molar-refractivity contribution < 1.29 is 9.53 Å². The SMILES string of the molecule is COCCN(CCBr)C(=O)c1cn[nH]c1. The third kappa shape index (κ3) is 3.64. The molecular weight excluding hydrogens is 262 g/mol. The molecule has 0 aliphatic carbocycles. The Morgan fingerprint density at radius 2 is 2.47 bits per heavy atom. The second-order valence-corrected chi connectivity index (χ2v) is 3.75. The van der Waals surface area contributed by atoms with Crippen molar-refractivity contribution in [1.82, 2.24) is 15.1 Å². The molecule has 6 heteroatoms. The first kappa shape index (κ1) is 12.2. The summed E-state index contributed by atoms with van der Waals surface area (Å²) in [6.45, 7) is 1.79. The molecule has 0 saturated carbocycles. The van der Waals surface area contributed by atoms with Crippen molar-refractivity contribution in [3.63, 3.8) is 0 Å². The van der Waals surface area contributed by atoms with Crippen LogP contribution in [0.1, 0.15) is 10.4 Å². The number of rotatable bonds is 6. The van der Waals surface area contributed by atoms with Gasteiger partial charge in [0.25, 0.3) is 5.91 Å². The number of hydrogen-bond acceptors (Lipinski definition) is 3. The second kappa shape index (κ2) is 6.58. The Kier molecular flexibility index (Phi) is 5.34. The highest BCUT2D eigenvalue weighted by atomic mass is 79.9. The van der Waals surface area contributed by atoms with Crippen molar-refractivity contribution >= 4 is 21.8 Å². The summed E-state index contributed by atoms with van der Waals surface area (Å²) in [5, 5.41) is 7.12. The number of nitrogens with zero attached hydrogens (tertiary/aromatic N) is 2. The number of methoxy groups -OCH3 is 1. The average Bonchev–Trinajstić information content (AvgIpc) is 2.76. The molecule has 0 spiro atoms. The fourth-order valence-electron chi connectivity index (χ4n) is 1.17. The first-order valence-corrected chi connectivity index (χ1v) is 5.74. The van der Waals surface area contributed by atoms with Gasteiger partial charge in [0.1, 0.15) is 0 Å². The van der Waals surface area contributed by atoms with E-state index >= 15 is 0 Å². The summed E-state index contributed by atoms with van der Waals surface area (Å²) in [7, 11) is 1.62. The van der Waals surface area contributed by atoms with Crippen LogP contribution in [0.2, 0.25) is 0 Å². The standard InChI is InChI=1S/C9H14BrN3O2/c1-15-5-4-13(3-2-10)9(14)8-6-11-12-7-8/h6-7H,2-5H2,1H3,(H,11,12). The third-order valence-corrected chi connectivity index (χ3v) is 2.31. The highest BCUT2D eigenvalue weighted by Gasteiger charge is 2.15. The zero-order chi connectivity index (χ0) is 11.1. The van der Waals surface area contributed by atoms with Crippen LogP contribution in [0.4, 0.5) is 0 Å². The van der Waals surface area contributed by atoms with Crippen molar-refractivity contribution in [2.45, 2.75) is 0 Å². The number of ether oxygens (including phenoxy) is 1. The van der Waals surface area contributed by atoms with E-state index in [1.54, 1.807) is 18.2 Å². The van der Waals surface area contributed by atoms with Gasteiger partial charge >= 0.3 is 0 Å². The van der Waals surface area contributed by atoms with Crippen LogP contribution in [0.15, 0.2) is 12.4 Å². The minimum Gasteiger partial charge on any atom is -0.383 e. The summed E-state index contributed by atoms with van der Waals surface area (Å²) in [6, 6.07) is 0. The zero-order valence-corrected chi connectivity index (χ0v) is 10.2. The zero-order valence-electron chi connectivity index (χ0n) is 8.57. The van der Waals surface area contributed by atoms with Crippen LogP contribution in [0.3, 0.4) is 0 Å². The van der Waals surface area contributed by atoms with Crippen LogP contribution in [-0.4, -0.2) is 53.1 Å². The molecule has 1 amide bonds. The molecule has 1 N–H and O–H groups in total. The molecule has 0 aliphatic heterocycles. The predicted octanol–water partition coefficient (Wildman–Crippen LogP) is 0.893. The second-order valence-electron chi connectivity index (χ2n) is 2.96. The normalized spacial score (nSPS) is 10.3. The van der Waals surface area contributed by atoms with Gasteiger partial charge in [-0.3, -0.25) is 9.89 Å². The monoisotopic (exact) mass is 275 g/mol. The average molecular weight is 276 g/mol. The molecule has 1 aromatic heterocycles. The maximum atomic E-state index is 11.9. The molecule has 15 heavy (non-hydrogen) atoms. The van der Waals surface area contributed by atoms with Gasteiger partial charge in [-0.05, 0) is 0 Å². The maximum Gasteiger partial charge on any atom is 0.257 e. The highest BCUT2D eigenvalue weighted by Crippen LogP contribution is 2.02. The lowest BCUT2D eigenvalue weighted by atomic mass is 10.3. The Bertz CT molecular complexity index is 290. The van der Waals surface area contributed by atoms with Crippen LogP contribution in [0.5, 0.6) is 0 Å². The van der Waals surface area contributed by atoms with Gasteiger partial charge in [0.05, 0.1) is 18.4 Å². The molecule has 0 aromatic carbocycles. The van der Waals surface area contributed by atoms with Crippen molar-refractivity contribution in [1.29, 1.82) is 0 Å². The molecule has 0 fully saturated rings. The van der Waals surface area contributed by atoms with E-state index in [0.717, 1.165) is 5.33 Å². The Hall–Kier alpha value is -0.880. The van der Waals surface area contributed by atoms with E-state index in [-0.39, 0.29) is 5.91 Å². The molecule has 0 radical (unpaired) electrons. The van der Waals surface area contributed by atoms with Gasteiger partial charge in [-0.25, -0.2) is 0 Å². The molecule has 0 atom stereocenters.